The van der Waals surface area contributed by atoms with E-state index in [0.29, 0.717) is 0 Å². The molecule has 1 fully saturated rings. The molecule has 0 amide bonds. The van der Waals surface area contributed by atoms with Gasteiger partial charge in [0.1, 0.15) is 0 Å². The van der Waals surface area contributed by atoms with Crippen LogP contribution in [0.3, 0.4) is 0 Å². The molecule has 1 atom stereocenters. The monoisotopic (exact) mass is 149 g/mol. The molecular formula is C11H17. The van der Waals surface area contributed by atoms with E-state index in [-0.39, 0.29) is 0 Å². The summed E-state index contributed by atoms with van der Waals surface area (Å²) in [4.78, 5) is 0. The summed E-state index contributed by atoms with van der Waals surface area (Å²) in [6, 6.07) is 0. The van der Waals surface area contributed by atoms with Crippen LogP contribution in [0.1, 0.15) is 44.9 Å². The molecule has 0 N–H and O–H groups in total. The van der Waals surface area contributed by atoms with Crippen molar-refractivity contribution in [2.45, 2.75) is 44.9 Å². The maximum absolute atomic E-state index is 2.41. The minimum Gasteiger partial charge on any atom is -0.0879 e. The molecule has 11 heavy (non-hydrogen) atoms. The van der Waals surface area contributed by atoms with Crippen LogP contribution in [0.25, 0.3) is 0 Å². The maximum Gasteiger partial charge on any atom is 0.000354 e. The third-order valence-corrected chi connectivity index (χ3v) is 3.05. The molecule has 0 aliphatic heterocycles. The Morgan fingerprint density at radius 3 is 3.00 bits per heavy atom. The van der Waals surface area contributed by atoms with Gasteiger partial charge in [-0.1, -0.05) is 25.0 Å². The van der Waals surface area contributed by atoms with Gasteiger partial charge in [-0.15, -0.1) is 0 Å². The first-order valence-electron chi connectivity index (χ1n) is 4.99. The summed E-state index contributed by atoms with van der Waals surface area (Å²) in [5, 5.41) is 0. The molecule has 2 aliphatic carbocycles. The van der Waals surface area contributed by atoms with E-state index in [1.165, 1.54) is 44.9 Å². The van der Waals surface area contributed by atoms with Crippen LogP contribution in [0.4, 0.5) is 0 Å². The van der Waals surface area contributed by atoms with Gasteiger partial charge >= 0.3 is 0 Å². The number of fused-ring (bicyclic) bond motifs is 1. The van der Waals surface area contributed by atoms with Crippen molar-refractivity contribution < 1.29 is 0 Å². The first-order valence-corrected chi connectivity index (χ1v) is 4.99. The molecule has 0 heteroatoms. The smallest absolute Gasteiger partial charge is 0.000354 e. The Kier molecular flexibility index (Phi) is 2.30. The highest BCUT2D eigenvalue weighted by Crippen LogP contribution is 2.38. The van der Waals surface area contributed by atoms with Crippen LogP contribution < -0.4 is 0 Å². The average Bonchev–Trinajstić information content (AvgIpc) is 2.35. The van der Waals surface area contributed by atoms with E-state index in [1.54, 1.807) is 5.92 Å². The second-order valence-electron chi connectivity index (χ2n) is 3.85. The average molecular weight is 149 g/mol. The third-order valence-electron chi connectivity index (χ3n) is 3.05. The predicted molar refractivity (Wildman–Crippen MR) is 48.2 cm³/mol. The molecule has 1 radical (unpaired) electrons. The second-order valence-corrected chi connectivity index (χ2v) is 3.85. The van der Waals surface area contributed by atoms with Crippen molar-refractivity contribution in [3.63, 3.8) is 0 Å². The zero-order valence-electron chi connectivity index (χ0n) is 7.18. The fraction of sp³-hybridized carbons (Fsp3) is 0.727. The van der Waals surface area contributed by atoms with E-state index in [0.717, 1.165) is 5.92 Å². The number of hydrogen-bond donors (Lipinski definition) is 0. The lowest BCUT2D eigenvalue weighted by molar-refractivity contribution is 0.502. The van der Waals surface area contributed by atoms with Crippen molar-refractivity contribution in [2.75, 3.05) is 0 Å². The Morgan fingerprint density at radius 2 is 2.00 bits per heavy atom. The van der Waals surface area contributed by atoms with E-state index in [9.17, 15) is 0 Å². The molecule has 0 saturated heterocycles. The van der Waals surface area contributed by atoms with E-state index < -0.39 is 0 Å². The van der Waals surface area contributed by atoms with E-state index in [2.05, 4.69) is 12.2 Å². The van der Waals surface area contributed by atoms with Crippen LogP contribution in [0.15, 0.2) is 12.2 Å². The Morgan fingerprint density at radius 1 is 1.09 bits per heavy atom. The largest absolute Gasteiger partial charge is 0.0879 e. The summed E-state index contributed by atoms with van der Waals surface area (Å²) in [6.07, 6.45) is 14.8. The Hall–Kier alpha value is -0.260. The maximum atomic E-state index is 2.41. The van der Waals surface area contributed by atoms with Gasteiger partial charge in [0.2, 0.25) is 0 Å². The van der Waals surface area contributed by atoms with E-state index in [1.807, 2.05) is 0 Å². The molecule has 0 nitrogen and oxygen atoms in total. The normalized spacial score (nSPS) is 35.8. The zero-order valence-corrected chi connectivity index (χ0v) is 7.18. The number of hydrogen-bond acceptors (Lipinski definition) is 0. The summed E-state index contributed by atoms with van der Waals surface area (Å²) < 4.78 is 0. The van der Waals surface area contributed by atoms with Gasteiger partial charge in [-0.3, -0.25) is 0 Å². The van der Waals surface area contributed by atoms with Gasteiger partial charge < -0.3 is 0 Å². The highest BCUT2D eigenvalue weighted by Gasteiger charge is 2.25. The lowest BCUT2D eigenvalue weighted by Gasteiger charge is -2.17. The summed E-state index contributed by atoms with van der Waals surface area (Å²) in [6.45, 7) is 0. The summed E-state index contributed by atoms with van der Waals surface area (Å²) in [7, 11) is 0. The van der Waals surface area contributed by atoms with Crippen molar-refractivity contribution in [3.05, 3.63) is 18.1 Å². The van der Waals surface area contributed by atoms with Crippen LogP contribution in [-0.4, -0.2) is 0 Å². The molecule has 0 aromatic rings. The quantitative estimate of drug-likeness (QED) is 0.494. The SMILES string of the molecule is C1=C\[C]2CCCC2CCCC/1. The fourth-order valence-electron chi connectivity index (χ4n) is 2.38. The topological polar surface area (TPSA) is 0 Å². The van der Waals surface area contributed by atoms with Crippen molar-refractivity contribution in [3.8, 4) is 0 Å². The number of rotatable bonds is 0. The molecule has 1 saturated carbocycles. The van der Waals surface area contributed by atoms with Crippen LogP contribution in [0.2, 0.25) is 0 Å². The van der Waals surface area contributed by atoms with Gasteiger partial charge in [-0.05, 0) is 38.0 Å². The van der Waals surface area contributed by atoms with Crippen LogP contribution >= 0.6 is 0 Å². The summed E-state index contributed by atoms with van der Waals surface area (Å²) in [5.41, 5.74) is 0. The van der Waals surface area contributed by atoms with Crippen LogP contribution in [-0.2, 0) is 0 Å². The minimum atomic E-state index is 0.978. The van der Waals surface area contributed by atoms with Crippen molar-refractivity contribution in [2.24, 2.45) is 5.92 Å². The zero-order chi connectivity index (χ0) is 7.52. The lowest BCUT2D eigenvalue weighted by Crippen LogP contribution is -2.04. The Balaban J connectivity index is 2.01. The van der Waals surface area contributed by atoms with Gasteiger partial charge in [-0.2, -0.15) is 0 Å². The van der Waals surface area contributed by atoms with E-state index >= 15 is 0 Å². The number of allylic oxidation sites excluding steroid dienone is 2. The van der Waals surface area contributed by atoms with Crippen molar-refractivity contribution in [1.82, 2.24) is 0 Å². The molecule has 2 rings (SSSR count). The molecular weight excluding hydrogens is 132 g/mol. The molecule has 0 aromatic heterocycles. The first-order chi connectivity index (χ1) is 5.47. The molecule has 2 aliphatic rings. The Labute approximate surface area is 69.7 Å². The third kappa shape index (κ3) is 1.66. The predicted octanol–water partition coefficient (Wildman–Crippen LogP) is 3.49. The van der Waals surface area contributed by atoms with Crippen LogP contribution in [0, 0.1) is 11.8 Å². The van der Waals surface area contributed by atoms with Gasteiger partial charge in [0.05, 0.1) is 0 Å². The van der Waals surface area contributed by atoms with Gasteiger partial charge in [0, 0.05) is 5.92 Å². The summed E-state index contributed by atoms with van der Waals surface area (Å²) in [5.74, 6) is 2.73. The highest BCUT2D eigenvalue weighted by molar-refractivity contribution is 5.17. The van der Waals surface area contributed by atoms with Gasteiger partial charge in [0.15, 0.2) is 0 Å². The molecule has 0 bridgehead atoms. The van der Waals surface area contributed by atoms with Gasteiger partial charge in [0.25, 0.3) is 0 Å². The first kappa shape index (κ1) is 7.39. The lowest BCUT2D eigenvalue weighted by atomic mass is 9.88. The molecule has 0 aromatic carbocycles. The fourth-order valence-corrected chi connectivity index (χ4v) is 2.38. The van der Waals surface area contributed by atoms with Crippen LogP contribution in [0.5, 0.6) is 0 Å². The Bertz CT molecular complexity index is 146. The molecule has 0 heterocycles. The van der Waals surface area contributed by atoms with Crippen molar-refractivity contribution in [1.29, 1.82) is 0 Å². The van der Waals surface area contributed by atoms with Gasteiger partial charge in [-0.25, -0.2) is 0 Å². The van der Waals surface area contributed by atoms with Crippen molar-refractivity contribution >= 4 is 0 Å². The summed E-state index contributed by atoms with van der Waals surface area (Å²) >= 11 is 0. The molecule has 0 spiro atoms. The molecule has 1 unspecified atom stereocenters. The standard InChI is InChI=1S/C11H17/c1-2-4-7-11-9-5-8-10(11)6-3-1/h3,6,11H,1-2,4-5,7-9H2/b6-3-. The minimum absolute atomic E-state index is 0.978. The molecule has 61 valence electrons. The van der Waals surface area contributed by atoms with E-state index in [4.69, 9.17) is 0 Å². The second kappa shape index (κ2) is 3.42. The highest BCUT2D eigenvalue weighted by atomic mass is 14.3.